The summed E-state index contributed by atoms with van der Waals surface area (Å²) < 4.78 is 0. The van der Waals surface area contributed by atoms with E-state index in [1.165, 1.54) is 4.90 Å². The zero-order valence-corrected chi connectivity index (χ0v) is 12.7. The smallest absolute Gasteiger partial charge is 0.251 e. The van der Waals surface area contributed by atoms with Crippen LogP contribution < -0.4 is 10.6 Å². The third-order valence-electron chi connectivity index (χ3n) is 3.32. The number of carbonyl (C=O) groups is 1. The Morgan fingerprint density at radius 1 is 1.40 bits per heavy atom. The van der Waals surface area contributed by atoms with Gasteiger partial charge in [-0.2, -0.15) is 0 Å². The molecule has 5 heteroatoms. The molecule has 1 aliphatic rings. The van der Waals surface area contributed by atoms with Crippen LogP contribution in [0.1, 0.15) is 24.2 Å². The second-order valence-corrected chi connectivity index (χ2v) is 7.04. The Morgan fingerprint density at radius 2 is 2.10 bits per heavy atom. The number of thioether (sulfide) groups is 1. The molecule has 2 rings (SSSR count). The Balaban J connectivity index is 1.85. The molecule has 4 nitrogen and oxygen atoms in total. The van der Waals surface area contributed by atoms with Crippen molar-refractivity contribution in [1.82, 2.24) is 10.6 Å². The number of nitrogens with one attached hydrogen (secondary N) is 2. The first kappa shape index (κ1) is 15.4. The minimum Gasteiger partial charge on any atom is -0.391 e. The number of β-amino-alcohol motifs (C(OH)–C–C–N with tert-alkyl or cyclic N) is 1. The first-order chi connectivity index (χ1) is 9.56. The average molecular weight is 294 g/mol. The first-order valence-electron chi connectivity index (χ1n) is 7.00. The molecule has 1 aliphatic heterocycles. The van der Waals surface area contributed by atoms with Gasteiger partial charge in [0.1, 0.15) is 0 Å². The average Bonchev–Trinajstić information content (AvgIpc) is 2.82. The normalized spacial score (nSPS) is 22.2. The summed E-state index contributed by atoms with van der Waals surface area (Å²) in [6.07, 6.45) is -0.361. The lowest BCUT2D eigenvalue weighted by atomic mass is 10.1. The van der Waals surface area contributed by atoms with Crippen LogP contribution in [0.25, 0.3) is 0 Å². The highest BCUT2D eigenvalue weighted by Crippen LogP contribution is 2.22. The molecule has 1 fully saturated rings. The monoisotopic (exact) mass is 294 g/mol. The molecule has 0 spiro atoms. The predicted octanol–water partition coefficient (Wildman–Crippen LogP) is 1.50. The molecule has 3 N–H and O–H groups in total. The van der Waals surface area contributed by atoms with Crippen molar-refractivity contribution >= 4 is 17.7 Å². The topological polar surface area (TPSA) is 61.4 Å². The van der Waals surface area contributed by atoms with E-state index >= 15 is 0 Å². The number of aliphatic hydroxyl groups excluding tert-OH is 1. The van der Waals surface area contributed by atoms with Crippen LogP contribution in [0.3, 0.4) is 0 Å². The van der Waals surface area contributed by atoms with Gasteiger partial charge < -0.3 is 15.7 Å². The van der Waals surface area contributed by atoms with Crippen molar-refractivity contribution < 1.29 is 9.90 Å². The lowest BCUT2D eigenvalue weighted by molar-refractivity contribution is 0.0927. The van der Waals surface area contributed by atoms with Crippen molar-refractivity contribution in [2.45, 2.75) is 30.1 Å². The highest BCUT2D eigenvalue weighted by molar-refractivity contribution is 7.99. The van der Waals surface area contributed by atoms with Crippen LogP contribution in [-0.4, -0.2) is 42.0 Å². The highest BCUT2D eigenvalue weighted by Gasteiger charge is 2.25. The van der Waals surface area contributed by atoms with E-state index in [1.807, 2.05) is 24.3 Å². The maximum absolute atomic E-state index is 12.0. The molecule has 1 saturated heterocycles. The van der Waals surface area contributed by atoms with E-state index in [2.05, 4.69) is 24.5 Å². The number of carbonyl (C=O) groups excluding carboxylic acids is 1. The molecule has 1 aromatic rings. The zero-order chi connectivity index (χ0) is 14.5. The van der Waals surface area contributed by atoms with Crippen LogP contribution in [0.4, 0.5) is 0 Å². The summed E-state index contributed by atoms with van der Waals surface area (Å²) in [5, 5.41) is 16.2. The minimum atomic E-state index is -0.361. The molecular formula is C15H22N2O2S. The fraction of sp³-hybridized carbons (Fsp3) is 0.533. The van der Waals surface area contributed by atoms with E-state index in [9.17, 15) is 9.90 Å². The molecule has 1 amide bonds. The Hall–Kier alpha value is -1.04. The van der Waals surface area contributed by atoms with Crippen molar-refractivity contribution in [3.63, 3.8) is 0 Å². The van der Waals surface area contributed by atoms with Gasteiger partial charge in [-0.1, -0.05) is 13.8 Å². The quantitative estimate of drug-likeness (QED) is 0.720. The summed E-state index contributed by atoms with van der Waals surface area (Å²) >= 11 is 1.78. The van der Waals surface area contributed by atoms with Gasteiger partial charge in [0.25, 0.3) is 5.91 Å². The Labute approximate surface area is 124 Å². The maximum atomic E-state index is 12.0. The number of rotatable bonds is 5. The molecule has 2 atom stereocenters. The Bertz CT molecular complexity index is 448. The van der Waals surface area contributed by atoms with Gasteiger partial charge in [0.05, 0.1) is 6.10 Å². The van der Waals surface area contributed by atoms with Crippen molar-refractivity contribution in [2.75, 3.05) is 19.6 Å². The standard InChI is InChI=1S/C15H22N2O2S/c1-10(2)20-13-5-3-11(4-6-13)15(19)17-8-12-7-16-9-14(12)18/h3-6,10,12,14,16,18H,7-9H2,1-2H3,(H,17,19). The maximum Gasteiger partial charge on any atom is 0.251 e. The SMILES string of the molecule is CC(C)Sc1ccc(C(=O)NCC2CNCC2O)cc1. The lowest BCUT2D eigenvalue weighted by Gasteiger charge is -2.14. The van der Waals surface area contributed by atoms with Crippen LogP contribution in [-0.2, 0) is 0 Å². The van der Waals surface area contributed by atoms with Gasteiger partial charge in [0, 0.05) is 41.3 Å². The summed E-state index contributed by atoms with van der Waals surface area (Å²) in [6, 6.07) is 7.66. The van der Waals surface area contributed by atoms with Crippen molar-refractivity contribution in [2.24, 2.45) is 5.92 Å². The van der Waals surface area contributed by atoms with Gasteiger partial charge in [0.2, 0.25) is 0 Å². The number of aliphatic hydroxyl groups is 1. The molecule has 1 aromatic carbocycles. The molecule has 0 aromatic heterocycles. The number of hydrogen-bond donors (Lipinski definition) is 3. The zero-order valence-electron chi connectivity index (χ0n) is 11.9. The van der Waals surface area contributed by atoms with Gasteiger partial charge in [-0.15, -0.1) is 11.8 Å². The summed E-state index contributed by atoms with van der Waals surface area (Å²) in [5.74, 6) is 0.0277. The largest absolute Gasteiger partial charge is 0.391 e. The van der Waals surface area contributed by atoms with Crippen molar-refractivity contribution in [3.8, 4) is 0 Å². The molecule has 0 saturated carbocycles. The molecular weight excluding hydrogens is 272 g/mol. The predicted molar refractivity (Wildman–Crippen MR) is 82.1 cm³/mol. The molecule has 0 bridgehead atoms. The molecule has 0 radical (unpaired) electrons. The van der Waals surface area contributed by atoms with E-state index in [0.29, 0.717) is 23.9 Å². The van der Waals surface area contributed by atoms with Crippen LogP contribution >= 0.6 is 11.8 Å². The van der Waals surface area contributed by atoms with Crippen molar-refractivity contribution in [3.05, 3.63) is 29.8 Å². The van der Waals surface area contributed by atoms with E-state index < -0.39 is 0 Å². The van der Waals surface area contributed by atoms with Crippen molar-refractivity contribution in [1.29, 1.82) is 0 Å². The second-order valence-electron chi connectivity index (χ2n) is 5.39. The molecule has 20 heavy (non-hydrogen) atoms. The summed E-state index contributed by atoms with van der Waals surface area (Å²) in [5.41, 5.74) is 0.665. The molecule has 2 unspecified atom stereocenters. The van der Waals surface area contributed by atoms with E-state index in [4.69, 9.17) is 0 Å². The Kier molecular flexibility index (Phi) is 5.46. The number of hydrogen-bond acceptors (Lipinski definition) is 4. The third kappa shape index (κ3) is 4.23. The minimum absolute atomic E-state index is 0.0785. The third-order valence-corrected chi connectivity index (χ3v) is 4.33. The van der Waals surface area contributed by atoms with Crippen LogP contribution in [0, 0.1) is 5.92 Å². The molecule has 1 heterocycles. The van der Waals surface area contributed by atoms with Gasteiger partial charge in [-0.05, 0) is 24.3 Å². The lowest BCUT2D eigenvalue weighted by Crippen LogP contribution is -2.34. The summed E-state index contributed by atoms with van der Waals surface area (Å²) in [4.78, 5) is 13.2. The summed E-state index contributed by atoms with van der Waals surface area (Å²) in [6.45, 7) is 6.17. The van der Waals surface area contributed by atoms with Gasteiger partial charge in [0.15, 0.2) is 0 Å². The van der Waals surface area contributed by atoms with Crippen LogP contribution in [0.15, 0.2) is 29.2 Å². The van der Waals surface area contributed by atoms with Crippen LogP contribution in [0.2, 0.25) is 0 Å². The molecule has 110 valence electrons. The van der Waals surface area contributed by atoms with E-state index in [0.717, 1.165) is 6.54 Å². The second kappa shape index (κ2) is 7.11. The number of amides is 1. The van der Waals surface area contributed by atoms with Gasteiger partial charge in [-0.25, -0.2) is 0 Å². The van der Waals surface area contributed by atoms with Crippen LogP contribution in [0.5, 0.6) is 0 Å². The van der Waals surface area contributed by atoms with E-state index in [-0.39, 0.29) is 17.9 Å². The fourth-order valence-corrected chi connectivity index (χ4v) is 3.05. The highest BCUT2D eigenvalue weighted by atomic mass is 32.2. The molecule has 0 aliphatic carbocycles. The van der Waals surface area contributed by atoms with Gasteiger partial charge in [-0.3, -0.25) is 4.79 Å². The fourth-order valence-electron chi connectivity index (χ4n) is 2.21. The number of benzene rings is 1. The Morgan fingerprint density at radius 3 is 2.65 bits per heavy atom. The van der Waals surface area contributed by atoms with Gasteiger partial charge >= 0.3 is 0 Å². The summed E-state index contributed by atoms with van der Waals surface area (Å²) in [7, 11) is 0. The van der Waals surface area contributed by atoms with E-state index in [1.54, 1.807) is 11.8 Å². The first-order valence-corrected chi connectivity index (χ1v) is 7.88.